The van der Waals surface area contributed by atoms with Gasteiger partial charge in [0.05, 0.1) is 5.69 Å². The summed E-state index contributed by atoms with van der Waals surface area (Å²) < 4.78 is 10.5. The summed E-state index contributed by atoms with van der Waals surface area (Å²) in [4.78, 5) is 42.4. The number of nitrogens with zero attached hydrogens (tertiary/aromatic N) is 2. The number of amides is 4. The number of aromatic nitrogens is 1. The average molecular weight is 382 g/mol. The molecular formula is C19H18N4O5. The van der Waals surface area contributed by atoms with E-state index in [-0.39, 0.29) is 19.9 Å². The van der Waals surface area contributed by atoms with Crippen molar-refractivity contribution < 1.29 is 23.9 Å². The average Bonchev–Trinajstić information content (AvgIpc) is 3.25. The molecule has 28 heavy (non-hydrogen) atoms. The molecule has 1 fully saturated rings. The molecule has 144 valence electrons. The molecule has 1 saturated heterocycles. The van der Waals surface area contributed by atoms with Gasteiger partial charge in [0.25, 0.3) is 5.91 Å². The first-order valence-electron chi connectivity index (χ1n) is 8.68. The second kappa shape index (κ2) is 6.84. The quantitative estimate of drug-likeness (QED) is 0.744. The van der Waals surface area contributed by atoms with Crippen LogP contribution in [0.25, 0.3) is 0 Å². The van der Waals surface area contributed by atoms with Crippen LogP contribution >= 0.6 is 0 Å². The van der Waals surface area contributed by atoms with Crippen molar-refractivity contribution in [2.75, 3.05) is 13.3 Å². The van der Waals surface area contributed by atoms with E-state index in [1.54, 1.807) is 49.5 Å². The van der Waals surface area contributed by atoms with Gasteiger partial charge >= 0.3 is 6.03 Å². The minimum Gasteiger partial charge on any atom is -0.454 e. The number of imide groups is 1. The molecular weight excluding hydrogens is 364 g/mol. The Morgan fingerprint density at radius 2 is 2.07 bits per heavy atom. The number of nitrogens with one attached hydrogen (secondary N) is 2. The summed E-state index contributed by atoms with van der Waals surface area (Å²) in [6.07, 6.45) is 1.54. The molecule has 0 radical (unpaired) electrons. The zero-order chi connectivity index (χ0) is 19.7. The minimum atomic E-state index is -1.30. The predicted molar refractivity (Wildman–Crippen MR) is 96.2 cm³/mol. The van der Waals surface area contributed by atoms with E-state index in [1.165, 1.54) is 0 Å². The van der Waals surface area contributed by atoms with Gasteiger partial charge in [-0.1, -0.05) is 12.1 Å². The lowest BCUT2D eigenvalue weighted by Crippen LogP contribution is -2.43. The van der Waals surface area contributed by atoms with Crippen molar-refractivity contribution in [2.45, 2.75) is 19.0 Å². The number of hydrogen-bond acceptors (Lipinski definition) is 6. The molecule has 1 aromatic carbocycles. The Bertz CT molecular complexity index is 949. The molecule has 9 nitrogen and oxygen atoms in total. The highest BCUT2D eigenvalue weighted by molar-refractivity contribution is 6.08. The van der Waals surface area contributed by atoms with Gasteiger partial charge in [0.1, 0.15) is 6.54 Å². The topological polar surface area (TPSA) is 110 Å². The van der Waals surface area contributed by atoms with E-state index in [0.29, 0.717) is 17.2 Å². The molecule has 0 spiro atoms. The standard InChI is InChI=1S/C19H18N4O5/c1-19(15-4-2-3-7-20-15)17(25)23(18(26)22-19)10-16(24)21-9-12-5-6-13-14(8-12)28-11-27-13/h2-8H,9-11H2,1H3,(H,21,24)(H,22,26)/t19-/m1/s1. The highest BCUT2D eigenvalue weighted by Crippen LogP contribution is 2.32. The molecule has 2 aliphatic rings. The van der Waals surface area contributed by atoms with Crippen LogP contribution in [0.4, 0.5) is 4.79 Å². The van der Waals surface area contributed by atoms with Crippen LogP contribution in [-0.2, 0) is 21.7 Å². The molecule has 4 rings (SSSR count). The van der Waals surface area contributed by atoms with E-state index in [1.807, 2.05) is 0 Å². The minimum absolute atomic E-state index is 0.173. The zero-order valence-electron chi connectivity index (χ0n) is 15.1. The second-order valence-electron chi connectivity index (χ2n) is 6.63. The van der Waals surface area contributed by atoms with Crippen molar-refractivity contribution in [3.63, 3.8) is 0 Å². The predicted octanol–water partition coefficient (Wildman–Crippen LogP) is 0.894. The fourth-order valence-corrected chi connectivity index (χ4v) is 3.12. The maximum Gasteiger partial charge on any atom is 0.325 e. The van der Waals surface area contributed by atoms with Gasteiger partial charge in [0.15, 0.2) is 17.0 Å². The Kier molecular flexibility index (Phi) is 4.34. The third-order valence-electron chi connectivity index (χ3n) is 4.68. The number of fused-ring (bicyclic) bond motifs is 1. The molecule has 1 aromatic heterocycles. The first-order valence-corrected chi connectivity index (χ1v) is 8.68. The molecule has 1 atom stereocenters. The normalized spacial score (nSPS) is 20.2. The molecule has 3 heterocycles. The van der Waals surface area contributed by atoms with Gasteiger partial charge < -0.3 is 20.1 Å². The maximum atomic E-state index is 12.8. The van der Waals surface area contributed by atoms with Gasteiger partial charge in [-0.25, -0.2) is 4.79 Å². The van der Waals surface area contributed by atoms with Crippen LogP contribution in [0, 0.1) is 0 Å². The number of carbonyl (C=O) groups excluding carboxylic acids is 3. The van der Waals surface area contributed by atoms with Crippen molar-refractivity contribution in [3.05, 3.63) is 53.9 Å². The van der Waals surface area contributed by atoms with Crippen LogP contribution in [0.3, 0.4) is 0 Å². The van der Waals surface area contributed by atoms with Gasteiger partial charge in [-0.3, -0.25) is 19.5 Å². The molecule has 4 amide bonds. The number of urea groups is 1. The third kappa shape index (κ3) is 3.11. The van der Waals surface area contributed by atoms with Gasteiger partial charge in [-0.15, -0.1) is 0 Å². The number of pyridine rings is 1. The maximum absolute atomic E-state index is 12.8. The van der Waals surface area contributed by atoms with Crippen molar-refractivity contribution >= 4 is 17.8 Å². The van der Waals surface area contributed by atoms with E-state index in [0.717, 1.165) is 10.5 Å². The Morgan fingerprint density at radius 1 is 1.25 bits per heavy atom. The highest BCUT2D eigenvalue weighted by Gasteiger charge is 2.50. The van der Waals surface area contributed by atoms with Crippen LogP contribution in [0.1, 0.15) is 18.2 Å². The fourth-order valence-electron chi connectivity index (χ4n) is 3.12. The first kappa shape index (κ1) is 17.8. The van der Waals surface area contributed by atoms with E-state index in [4.69, 9.17) is 9.47 Å². The largest absolute Gasteiger partial charge is 0.454 e. The monoisotopic (exact) mass is 382 g/mol. The molecule has 0 aliphatic carbocycles. The number of hydrogen-bond donors (Lipinski definition) is 2. The van der Waals surface area contributed by atoms with Gasteiger partial charge in [-0.05, 0) is 36.8 Å². The summed E-state index contributed by atoms with van der Waals surface area (Å²) in [5.41, 5.74) is -0.0691. The molecule has 2 aromatic rings. The fraction of sp³-hybridized carbons (Fsp3) is 0.263. The van der Waals surface area contributed by atoms with Crippen molar-refractivity contribution in [3.8, 4) is 11.5 Å². The molecule has 2 N–H and O–H groups in total. The number of benzene rings is 1. The summed E-state index contributed by atoms with van der Waals surface area (Å²) >= 11 is 0. The van der Waals surface area contributed by atoms with Gasteiger partial charge in [-0.2, -0.15) is 0 Å². The lowest BCUT2D eigenvalue weighted by Gasteiger charge is -2.20. The summed E-state index contributed by atoms with van der Waals surface area (Å²) in [5.74, 6) is 0.302. The summed E-state index contributed by atoms with van der Waals surface area (Å²) in [6, 6.07) is 9.81. The van der Waals surface area contributed by atoms with Gasteiger partial charge in [0, 0.05) is 12.7 Å². The molecule has 9 heteroatoms. The molecule has 0 saturated carbocycles. The summed E-state index contributed by atoms with van der Waals surface area (Å²) in [6.45, 7) is 1.60. The van der Waals surface area contributed by atoms with Crippen molar-refractivity contribution in [1.29, 1.82) is 0 Å². The van der Waals surface area contributed by atoms with Crippen LogP contribution in [0.5, 0.6) is 11.5 Å². The Morgan fingerprint density at radius 3 is 2.86 bits per heavy atom. The van der Waals surface area contributed by atoms with Crippen molar-refractivity contribution in [2.24, 2.45) is 0 Å². The van der Waals surface area contributed by atoms with Crippen LogP contribution in [-0.4, -0.2) is 41.1 Å². The number of carbonyl (C=O) groups is 3. The summed E-state index contributed by atoms with van der Waals surface area (Å²) in [5, 5.41) is 5.32. The van der Waals surface area contributed by atoms with Crippen LogP contribution in [0.2, 0.25) is 0 Å². The zero-order valence-corrected chi connectivity index (χ0v) is 15.1. The lowest BCUT2D eigenvalue weighted by molar-refractivity contribution is -0.135. The van der Waals surface area contributed by atoms with Crippen LogP contribution < -0.4 is 20.1 Å². The number of rotatable bonds is 5. The van der Waals surface area contributed by atoms with E-state index >= 15 is 0 Å². The molecule has 0 bridgehead atoms. The van der Waals surface area contributed by atoms with Gasteiger partial charge in [0.2, 0.25) is 12.7 Å². The second-order valence-corrected chi connectivity index (χ2v) is 6.63. The SMILES string of the molecule is C[C@]1(c2ccccn2)NC(=O)N(CC(=O)NCc2ccc3c(c2)OCO3)C1=O. The summed E-state index contributed by atoms with van der Waals surface area (Å²) in [7, 11) is 0. The Labute approximate surface area is 160 Å². The van der Waals surface area contributed by atoms with E-state index in [2.05, 4.69) is 15.6 Å². The number of ether oxygens (including phenoxy) is 2. The smallest absolute Gasteiger partial charge is 0.325 e. The Hall–Kier alpha value is -3.62. The lowest BCUT2D eigenvalue weighted by atomic mass is 9.97. The van der Waals surface area contributed by atoms with Crippen molar-refractivity contribution in [1.82, 2.24) is 20.5 Å². The van der Waals surface area contributed by atoms with E-state index < -0.39 is 23.4 Å². The Balaban J connectivity index is 1.39. The molecule has 0 unspecified atom stereocenters. The van der Waals surface area contributed by atoms with E-state index in [9.17, 15) is 14.4 Å². The molecule has 2 aliphatic heterocycles. The third-order valence-corrected chi connectivity index (χ3v) is 4.68. The van der Waals surface area contributed by atoms with Crippen LogP contribution in [0.15, 0.2) is 42.6 Å². The highest BCUT2D eigenvalue weighted by atomic mass is 16.7. The first-order chi connectivity index (χ1) is 13.5.